The van der Waals surface area contributed by atoms with Gasteiger partial charge in [-0.3, -0.25) is 0 Å². The zero-order valence-electron chi connectivity index (χ0n) is 55.8. The second-order valence-corrected chi connectivity index (χ2v) is 31.4. The van der Waals surface area contributed by atoms with E-state index in [9.17, 15) is 4.80 Å². The molecule has 0 spiro atoms. The molecule has 2 aliphatic rings. The molecule has 84 heavy (non-hydrogen) atoms. The van der Waals surface area contributed by atoms with Crippen molar-refractivity contribution in [2.75, 3.05) is 160 Å². The van der Waals surface area contributed by atoms with Crippen LogP contribution in [0.5, 0.6) is 0 Å². The summed E-state index contributed by atoms with van der Waals surface area (Å²) >= 11 is 0. The molecule has 0 aliphatic carbocycles. The van der Waals surface area contributed by atoms with Gasteiger partial charge in [0.25, 0.3) is 0 Å². The van der Waals surface area contributed by atoms with E-state index >= 15 is 0 Å². The summed E-state index contributed by atoms with van der Waals surface area (Å²) in [7, 11) is 3.94. The lowest BCUT2D eigenvalue weighted by Gasteiger charge is -2.34. The second kappa shape index (κ2) is 60.9. The fraction of sp³-hybridized carbons (Fsp3) is 1.00. The van der Waals surface area contributed by atoms with Gasteiger partial charge in [0.1, 0.15) is 12.2 Å². The van der Waals surface area contributed by atoms with E-state index in [0.717, 1.165) is 34.4 Å². The number of aliphatic hydroxyl groups is 2. The maximum absolute atomic E-state index is 11.0. The van der Waals surface area contributed by atoms with Crippen LogP contribution in [-0.4, -0.2) is 214 Å². The number of quaternary nitrogens is 2. The summed E-state index contributed by atoms with van der Waals surface area (Å²) in [6.07, 6.45) is 46.9. The van der Waals surface area contributed by atoms with E-state index in [1.54, 1.807) is 0 Å². The summed E-state index contributed by atoms with van der Waals surface area (Å²) < 4.78 is 59.5. The Labute approximate surface area is 532 Å². The van der Waals surface area contributed by atoms with Crippen molar-refractivity contribution in [3.05, 3.63) is 0 Å². The quantitative estimate of drug-likeness (QED) is 0.0317. The van der Waals surface area contributed by atoms with Gasteiger partial charge >= 0.3 is 17.4 Å². The van der Waals surface area contributed by atoms with Gasteiger partial charge in [-0.2, -0.15) is 0 Å². The molecule has 2 saturated heterocycles. The molecule has 0 bridgehead atoms. The molecule has 0 aromatic rings. The Morgan fingerprint density at radius 1 is 0.369 bits per heavy atom. The van der Waals surface area contributed by atoms with Crippen molar-refractivity contribution in [3.8, 4) is 0 Å². The third kappa shape index (κ3) is 56.4. The first-order chi connectivity index (χ1) is 39.8. The molecule has 4 unspecified atom stereocenters. The van der Waals surface area contributed by atoms with E-state index in [-0.39, 0.29) is 56.8 Å². The zero-order valence-corrected chi connectivity index (χ0v) is 59.3. The standard InChI is InChI=1S/C33H70NO6Si.C32H68NO7Si.2ClH/c1-5-6-7-8-9-10-11-12-13-14-15-16-17-18-19-20-22-34(2,3)23-21-30-41(4)39-29-28-38-33(32-40-41)31-37-27-26-36-25-24-35;1-4-5-6-7-8-9-10-11-12-13-14-15-16-17-18-19-21-33(2,3)22-20-29-41(35)39-28-27-38-32(31-40-41)30-37-26-25-36-24-23-34;;/h33,35H,5-32H2,1-4H3;32,34-35H,4-31H2,1-3H3;2*1H/q2*+1;;/p-2. The average Bonchev–Trinajstić information content (AvgIpc) is 3.66. The van der Waals surface area contributed by atoms with Crippen LogP contribution in [0, 0.1) is 0 Å². The van der Waals surface area contributed by atoms with E-state index in [1.165, 1.54) is 225 Å². The van der Waals surface area contributed by atoms with Crippen molar-refractivity contribution >= 4 is 17.4 Å². The Hall–Kier alpha value is 0.414. The third-order valence-corrected chi connectivity index (χ3v) is 21.5. The molecule has 508 valence electrons. The average molecular weight is 1280 g/mol. The summed E-state index contributed by atoms with van der Waals surface area (Å²) in [4.78, 5) is 11.0. The number of hydrogen-bond donors (Lipinski definition) is 3. The smallest absolute Gasteiger partial charge is 0.498 e. The van der Waals surface area contributed by atoms with Gasteiger partial charge in [-0.15, -0.1) is 0 Å². The fourth-order valence-electron chi connectivity index (χ4n) is 11.0. The number of rotatable bonds is 56. The molecule has 2 fully saturated rings. The number of aliphatic hydroxyl groups excluding tert-OH is 2. The molecule has 2 aliphatic heterocycles. The Bertz CT molecular complexity index is 1250. The number of ether oxygens (including phenoxy) is 6. The Morgan fingerprint density at radius 3 is 1.05 bits per heavy atom. The van der Waals surface area contributed by atoms with Crippen LogP contribution in [0.1, 0.15) is 232 Å². The second-order valence-electron chi connectivity index (χ2n) is 25.6. The van der Waals surface area contributed by atoms with Gasteiger partial charge in [0, 0.05) is 12.5 Å². The van der Waals surface area contributed by atoms with Crippen molar-refractivity contribution in [2.24, 2.45) is 0 Å². The summed E-state index contributed by atoms with van der Waals surface area (Å²) in [5.41, 5.74) is 0. The summed E-state index contributed by atoms with van der Waals surface area (Å²) in [5.74, 6) is 0. The van der Waals surface area contributed by atoms with Gasteiger partial charge < -0.3 is 94.9 Å². The van der Waals surface area contributed by atoms with Crippen molar-refractivity contribution in [1.82, 2.24) is 0 Å². The lowest BCUT2D eigenvalue weighted by Crippen LogP contribution is -3.00. The molecular formula is C65H138Cl2N2O13Si2. The van der Waals surface area contributed by atoms with Crippen LogP contribution in [0.2, 0.25) is 18.6 Å². The van der Waals surface area contributed by atoms with E-state index in [2.05, 4.69) is 48.6 Å². The molecule has 0 radical (unpaired) electrons. The van der Waals surface area contributed by atoms with Crippen LogP contribution in [0.25, 0.3) is 0 Å². The zero-order chi connectivity index (χ0) is 59.8. The van der Waals surface area contributed by atoms with Crippen molar-refractivity contribution in [1.29, 1.82) is 0 Å². The molecule has 2 heterocycles. The monoisotopic (exact) mass is 1280 g/mol. The van der Waals surface area contributed by atoms with Crippen LogP contribution in [0.3, 0.4) is 0 Å². The molecule has 15 nitrogen and oxygen atoms in total. The predicted octanol–water partition coefficient (Wildman–Crippen LogP) is 7.36. The number of unbranched alkanes of at least 4 members (excludes halogenated alkanes) is 30. The van der Waals surface area contributed by atoms with Gasteiger partial charge in [0.2, 0.25) is 0 Å². The molecule has 3 N–H and O–H groups in total. The van der Waals surface area contributed by atoms with Crippen LogP contribution in [0.15, 0.2) is 0 Å². The Morgan fingerprint density at radius 2 is 0.679 bits per heavy atom. The number of halogens is 2. The van der Waals surface area contributed by atoms with Gasteiger partial charge in [-0.1, -0.05) is 194 Å². The molecular weight excluding hydrogens is 1140 g/mol. The van der Waals surface area contributed by atoms with Gasteiger partial charge in [-0.05, 0) is 44.7 Å². The molecule has 0 aromatic heterocycles. The minimum absolute atomic E-state index is 0. The summed E-state index contributed by atoms with van der Waals surface area (Å²) in [6.45, 7) is 17.6. The van der Waals surface area contributed by atoms with Gasteiger partial charge in [-0.25, -0.2) is 0 Å². The van der Waals surface area contributed by atoms with Gasteiger partial charge in [0.05, 0.1) is 160 Å². The van der Waals surface area contributed by atoms with Crippen molar-refractivity contribution < 1.29 is 94.9 Å². The largest absolute Gasteiger partial charge is 1.00 e. The minimum Gasteiger partial charge on any atom is -1.00 e. The van der Waals surface area contributed by atoms with E-state index in [4.69, 9.17) is 56.3 Å². The van der Waals surface area contributed by atoms with Crippen LogP contribution in [-0.2, 0) is 46.1 Å². The number of nitrogens with zero attached hydrogens (tertiary/aromatic N) is 2. The maximum atomic E-state index is 11.0. The third-order valence-electron chi connectivity index (χ3n) is 16.4. The van der Waals surface area contributed by atoms with Crippen LogP contribution >= 0.6 is 0 Å². The van der Waals surface area contributed by atoms with E-state index in [0.29, 0.717) is 91.9 Å². The maximum Gasteiger partial charge on any atom is 0.498 e. The topological polar surface area (TPSA) is 153 Å². The Balaban J connectivity index is 0. The highest BCUT2D eigenvalue weighted by molar-refractivity contribution is 6.66. The van der Waals surface area contributed by atoms with Crippen LogP contribution in [0.4, 0.5) is 0 Å². The normalized spacial score (nSPS) is 19.8. The molecule has 0 saturated carbocycles. The van der Waals surface area contributed by atoms with Crippen molar-refractivity contribution in [3.63, 3.8) is 0 Å². The highest BCUT2D eigenvalue weighted by Gasteiger charge is 2.40. The first kappa shape index (κ1) is 86.5. The summed E-state index contributed by atoms with van der Waals surface area (Å²) in [6, 6.07) is 1.60. The molecule has 0 amide bonds. The molecule has 0 aromatic carbocycles. The predicted molar refractivity (Wildman–Crippen MR) is 342 cm³/mol. The number of hydrogen-bond acceptors (Lipinski definition) is 13. The fourth-order valence-corrected chi connectivity index (χ4v) is 15.0. The first-order valence-electron chi connectivity index (χ1n) is 34.5. The van der Waals surface area contributed by atoms with Crippen LogP contribution < -0.4 is 24.8 Å². The SMILES string of the molecule is CCCCCCCCCCCCCCCCCC[N+](C)(C)CCC[Si]1(C)OCCOC(COCCOCCO)CO1.CCCCCCCCCCCCCCCCCC[N+](C)(C)CCC[Si]1(O)OCCOC(COCCOCCO)CO1.[Cl-].[Cl-]. The Kier molecular flexibility index (Phi) is 62.7. The lowest BCUT2D eigenvalue weighted by molar-refractivity contribution is -0.890. The van der Waals surface area contributed by atoms with Gasteiger partial charge in [0.15, 0.2) is 0 Å². The first-order valence-corrected chi connectivity index (χ1v) is 39.0. The van der Waals surface area contributed by atoms with E-state index in [1.807, 2.05) is 0 Å². The highest BCUT2D eigenvalue weighted by Crippen LogP contribution is 2.23. The highest BCUT2D eigenvalue weighted by atomic mass is 35.5. The molecule has 2 rings (SSSR count). The lowest BCUT2D eigenvalue weighted by atomic mass is 10.0. The van der Waals surface area contributed by atoms with Crippen molar-refractivity contribution in [2.45, 2.75) is 263 Å². The minimum atomic E-state index is -3.20. The van der Waals surface area contributed by atoms with E-state index < -0.39 is 17.4 Å². The summed E-state index contributed by atoms with van der Waals surface area (Å²) in [5, 5.41) is 17.5. The molecule has 4 atom stereocenters. The molecule has 19 heteroatoms.